The Balaban J connectivity index is 1.88. The van der Waals surface area contributed by atoms with Gasteiger partial charge in [-0.1, -0.05) is 0 Å². The van der Waals surface area contributed by atoms with Gasteiger partial charge in [0.2, 0.25) is 0 Å². The molecular weight excluding hydrogens is 340 g/mol. The molecule has 1 saturated heterocycles. The molecule has 2 amide bonds. The zero-order valence-corrected chi connectivity index (χ0v) is 15.3. The van der Waals surface area contributed by atoms with Crippen LogP contribution in [0.4, 0.5) is 4.79 Å². The Morgan fingerprint density at radius 1 is 1.04 bits per heavy atom. The first-order chi connectivity index (χ1) is 12.5. The molecule has 2 rings (SSSR count). The summed E-state index contributed by atoms with van der Waals surface area (Å²) < 4.78 is 15.7. The summed E-state index contributed by atoms with van der Waals surface area (Å²) in [6, 6.07) is 4.82. The molecule has 26 heavy (non-hydrogen) atoms. The number of methoxy groups -OCH3 is 1. The number of hydrogen-bond donors (Lipinski definition) is 0. The van der Waals surface area contributed by atoms with Crippen molar-refractivity contribution in [2.75, 3.05) is 46.5 Å². The minimum Gasteiger partial charge on any atom is -0.493 e. The lowest BCUT2D eigenvalue weighted by molar-refractivity contribution is -0.135. The maximum atomic E-state index is 12.3. The molecule has 0 saturated carbocycles. The topological polar surface area (TPSA) is 85.4 Å². The summed E-state index contributed by atoms with van der Waals surface area (Å²) >= 11 is 0. The Hall–Kier alpha value is -2.77. The second-order valence-corrected chi connectivity index (χ2v) is 5.78. The van der Waals surface area contributed by atoms with Gasteiger partial charge in [0.05, 0.1) is 13.7 Å². The van der Waals surface area contributed by atoms with E-state index < -0.39 is 0 Å². The van der Waals surface area contributed by atoms with E-state index in [0.717, 1.165) is 0 Å². The summed E-state index contributed by atoms with van der Waals surface area (Å²) in [5, 5.41) is 0. The average molecular weight is 364 g/mol. The number of Topliss-reactive ketones (excluding diaryl/α,β-unsaturated/α-hetero) is 1. The Kier molecular flexibility index (Phi) is 6.82. The van der Waals surface area contributed by atoms with Gasteiger partial charge in [-0.05, 0) is 32.0 Å². The first kappa shape index (κ1) is 19.6. The number of benzene rings is 1. The van der Waals surface area contributed by atoms with Crippen molar-refractivity contribution in [1.82, 2.24) is 9.80 Å². The Morgan fingerprint density at radius 2 is 1.69 bits per heavy atom. The minimum absolute atomic E-state index is 0.0783. The van der Waals surface area contributed by atoms with Gasteiger partial charge in [0.15, 0.2) is 23.9 Å². The zero-order chi connectivity index (χ0) is 19.1. The lowest BCUT2D eigenvalue weighted by atomic mass is 10.1. The number of amides is 2. The zero-order valence-electron chi connectivity index (χ0n) is 15.3. The van der Waals surface area contributed by atoms with E-state index in [1.165, 1.54) is 14.0 Å². The van der Waals surface area contributed by atoms with Crippen molar-refractivity contribution in [1.29, 1.82) is 0 Å². The largest absolute Gasteiger partial charge is 0.493 e. The van der Waals surface area contributed by atoms with Gasteiger partial charge >= 0.3 is 6.09 Å². The predicted octanol–water partition coefficient (Wildman–Crippen LogP) is 1.58. The van der Waals surface area contributed by atoms with Crippen molar-refractivity contribution in [2.24, 2.45) is 0 Å². The fourth-order valence-corrected chi connectivity index (χ4v) is 2.59. The minimum atomic E-state index is -0.355. The van der Waals surface area contributed by atoms with Crippen molar-refractivity contribution < 1.29 is 28.6 Å². The highest BCUT2D eigenvalue weighted by Crippen LogP contribution is 2.28. The maximum absolute atomic E-state index is 12.3. The molecule has 0 N–H and O–H groups in total. The van der Waals surface area contributed by atoms with Gasteiger partial charge < -0.3 is 24.0 Å². The third kappa shape index (κ3) is 4.87. The SMILES string of the molecule is CCOC(=O)N1CCN(C(=O)COc2ccc(C(C)=O)cc2OC)CC1. The molecule has 1 aromatic carbocycles. The van der Waals surface area contributed by atoms with Gasteiger partial charge in [-0.15, -0.1) is 0 Å². The Bertz CT molecular complexity index is 668. The van der Waals surface area contributed by atoms with Crippen LogP contribution in [0.1, 0.15) is 24.2 Å². The van der Waals surface area contributed by atoms with E-state index in [4.69, 9.17) is 14.2 Å². The fourth-order valence-electron chi connectivity index (χ4n) is 2.59. The summed E-state index contributed by atoms with van der Waals surface area (Å²) in [5.74, 6) is 0.547. The monoisotopic (exact) mass is 364 g/mol. The van der Waals surface area contributed by atoms with Crippen molar-refractivity contribution in [3.05, 3.63) is 23.8 Å². The first-order valence-electron chi connectivity index (χ1n) is 8.47. The third-order valence-corrected chi connectivity index (χ3v) is 4.08. The quantitative estimate of drug-likeness (QED) is 0.713. The van der Waals surface area contributed by atoms with Crippen LogP contribution >= 0.6 is 0 Å². The van der Waals surface area contributed by atoms with Crippen LogP contribution in [-0.4, -0.2) is 74.1 Å². The second kappa shape index (κ2) is 9.07. The summed E-state index contributed by atoms with van der Waals surface area (Å²) in [5.41, 5.74) is 0.510. The molecule has 0 radical (unpaired) electrons. The first-order valence-corrected chi connectivity index (χ1v) is 8.47. The van der Waals surface area contributed by atoms with Crippen LogP contribution in [0.5, 0.6) is 11.5 Å². The smallest absolute Gasteiger partial charge is 0.409 e. The molecule has 0 atom stereocenters. The summed E-state index contributed by atoms with van der Waals surface area (Å²) in [7, 11) is 1.47. The number of carbonyl (C=O) groups excluding carboxylic acids is 3. The van der Waals surface area contributed by atoms with E-state index in [9.17, 15) is 14.4 Å². The molecule has 0 bridgehead atoms. The van der Waals surface area contributed by atoms with Crippen LogP contribution < -0.4 is 9.47 Å². The number of carbonyl (C=O) groups is 3. The van der Waals surface area contributed by atoms with Gasteiger partial charge in [0, 0.05) is 31.7 Å². The molecule has 8 nitrogen and oxygen atoms in total. The molecule has 142 valence electrons. The van der Waals surface area contributed by atoms with Gasteiger partial charge in [-0.3, -0.25) is 9.59 Å². The number of ether oxygens (including phenoxy) is 3. The van der Waals surface area contributed by atoms with Gasteiger partial charge in [0.25, 0.3) is 5.91 Å². The number of piperazine rings is 1. The molecule has 8 heteroatoms. The van der Waals surface area contributed by atoms with E-state index in [1.807, 2.05) is 0 Å². The van der Waals surface area contributed by atoms with E-state index in [0.29, 0.717) is 49.8 Å². The fraction of sp³-hybridized carbons (Fsp3) is 0.500. The highest BCUT2D eigenvalue weighted by molar-refractivity contribution is 5.94. The summed E-state index contributed by atoms with van der Waals surface area (Å²) in [6.07, 6.45) is -0.355. The molecule has 1 aliphatic heterocycles. The van der Waals surface area contributed by atoms with E-state index in [-0.39, 0.29) is 24.4 Å². The molecule has 1 aromatic rings. The number of nitrogens with zero attached hydrogens (tertiary/aromatic N) is 2. The van der Waals surface area contributed by atoms with Gasteiger partial charge in [0.1, 0.15) is 0 Å². The highest BCUT2D eigenvalue weighted by Gasteiger charge is 2.25. The van der Waals surface area contributed by atoms with Gasteiger partial charge in [-0.2, -0.15) is 0 Å². The highest BCUT2D eigenvalue weighted by atomic mass is 16.6. The maximum Gasteiger partial charge on any atom is 0.409 e. The standard InChI is InChI=1S/C18H24N2O6/c1-4-25-18(23)20-9-7-19(8-10-20)17(22)12-26-15-6-5-14(13(2)21)11-16(15)24-3/h5-6,11H,4,7-10,12H2,1-3H3. The molecule has 1 aliphatic rings. The van der Waals surface area contributed by atoms with Crippen LogP contribution in [0.2, 0.25) is 0 Å². The van der Waals surface area contributed by atoms with Crippen LogP contribution in [-0.2, 0) is 9.53 Å². The van der Waals surface area contributed by atoms with Crippen molar-refractivity contribution in [3.8, 4) is 11.5 Å². The van der Waals surface area contributed by atoms with E-state index in [1.54, 1.807) is 34.9 Å². The van der Waals surface area contributed by atoms with Crippen molar-refractivity contribution in [2.45, 2.75) is 13.8 Å². The Labute approximate surface area is 152 Å². The summed E-state index contributed by atoms with van der Waals surface area (Å²) in [4.78, 5) is 38.6. The normalized spacial score (nSPS) is 14.0. The summed E-state index contributed by atoms with van der Waals surface area (Å²) in [6.45, 7) is 5.14. The van der Waals surface area contributed by atoms with E-state index in [2.05, 4.69) is 0 Å². The van der Waals surface area contributed by atoms with Crippen molar-refractivity contribution >= 4 is 17.8 Å². The number of ketones is 1. The molecule has 0 spiro atoms. The lowest BCUT2D eigenvalue weighted by Crippen LogP contribution is -2.51. The van der Waals surface area contributed by atoms with Gasteiger partial charge in [-0.25, -0.2) is 4.79 Å². The molecule has 0 unspecified atom stereocenters. The molecule has 0 aliphatic carbocycles. The lowest BCUT2D eigenvalue weighted by Gasteiger charge is -2.34. The molecular formula is C18H24N2O6. The average Bonchev–Trinajstić information content (AvgIpc) is 2.66. The van der Waals surface area contributed by atoms with Crippen LogP contribution in [0.15, 0.2) is 18.2 Å². The molecule has 1 heterocycles. The molecule has 0 aromatic heterocycles. The van der Waals surface area contributed by atoms with Crippen LogP contribution in [0, 0.1) is 0 Å². The van der Waals surface area contributed by atoms with E-state index >= 15 is 0 Å². The van der Waals surface area contributed by atoms with Crippen LogP contribution in [0.3, 0.4) is 0 Å². The third-order valence-electron chi connectivity index (χ3n) is 4.08. The van der Waals surface area contributed by atoms with Crippen molar-refractivity contribution in [3.63, 3.8) is 0 Å². The number of hydrogen-bond acceptors (Lipinski definition) is 6. The molecule has 1 fully saturated rings. The Morgan fingerprint density at radius 3 is 2.27 bits per heavy atom. The second-order valence-electron chi connectivity index (χ2n) is 5.78. The number of rotatable bonds is 6. The predicted molar refractivity (Wildman–Crippen MR) is 93.7 cm³/mol. The van der Waals surface area contributed by atoms with Crippen LogP contribution in [0.25, 0.3) is 0 Å².